The smallest absolute Gasteiger partial charge is 0.270 e. The Morgan fingerprint density at radius 3 is 2.29 bits per heavy atom. The average Bonchev–Trinajstić information content (AvgIpc) is 2.93. The second-order valence-electron chi connectivity index (χ2n) is 6.11. The first-order valence-corrected chi connectivity index (χ1v) is 7.15. The highest BCUT2D eigenvalue weighted by Gasteiger charge is 2.48. The SMILES string of the molecule is Cc1cc(C)c(=O)n2c1C(=O)NC21Cc2ccccc2C1. The molecule has 1 amide bonds. The quantitative estimate of drug-likeness (QED) is 0.798. The van der Waals surface area contributed by atoms with E-state index in [0.717, 1.165) is 5.56 Å². The summed E-state index contributed by atoms with van der Waals surface area (Å²) in [7, 11) is 0. The minimum absolute atomic E-state index is 0.0678. The van der Waals surface area contributed by atoms with E-state index in [9.17, 15) is 9.59 Å². The molecule has 1 spiro atoms. The maximum Gasteiger partial charge on any atom is 0.270 e. The number of carbonyl (C=O) groups excluding carboxylic acids is 1. The molecule has 0 fully saturated rings. The fourth-order valence-electron chi connectivity index (χ4n) is 3.77. The van der Waals surface area contributed by atoms with Gasteiger partial charge in [0, 0.05) is 18.4 Å². The molecule has 1 aromatic heterocycles. The number of aromatic nitrogens is 1. The first-order chi connectivity index (χ1) is 10.0. The van der Waals surface area contributed by atoms with Gasteiger partial charge in [0.15, 0.2) is 0 Å². The molecule has 4 nitrogen and oxygen atoms in total. The van der Waals surface area contributed by atoms with Crippen LogP contribution >= 0.6 is 0 Å². The number of rotatable bonds is 0. The summed E-state index contributed by atoms with van der Waals surface area (Å²) in [5, 5.41) is 3.07. The molecule has 1 aliphatic heterocycles. The topological polar surface area (TPSA) is 51.1 Å². The molecule has 1 aromatic carbocycles. The molecule has 0 atom stereocenters. The lowest BCUT2D eigenvalue weighted by Gasteiger charge is -2.26. The van der Waals surface area contributed by atoms with Crippen LogP contribution < -0.4 is 10.9 Å². The van der Waals surface area contributed by atoms with Gasteiger partial charge in [-0.25, -0.2) is 0 Å². The molecule has 1 N–H and O–H groups in total. The van der Waals surface area contributed by atoms with Crippen LogP contribution in [0.1, 0.15) is 32.7 Å². The lowest BCUT2D eigenvalue weighted by Crippen LogP contribution is -2.48. The number of nitrogens with zero attached hydrogens (tertiary/aromatic N) is 1. The van der Waals surface area contributed by atoms with E-state index in [2.05, 4.69) is 17.4 Å². The Morgan fingerprint density at radius 1 is 1.05 bits per heavy atom. The molecule has 106 valence electrons. The molecular weight excluding hydrogens is 264 g/mol. The summed E-state index contributed by atoms with van der Waals surface area (Å²) in [5.74, 6) is -0.141. The Morgan fingerprint density at radius 2 is 1.67 bits per heavy atom. The van der Waals surface area contributed by atoms with Crippen LogP contribution in [0.15, 0.2) is 35.1 Å². The molecule has 4 rings (SSSR count). The summed E-state index contributed by atoms with van der Waals surface area (Å²) in [6.45, 7) is 3.69. The number of fused-ring (bicyclic) bond motifs is 3. The molecule has 0 unspecified atom stereocenters. The number of nitrogens with one attached hydrogen (secondary N) is 1. The molecule has 0 bridgehead atoms. The van der Waals surface area contributed by atoms with Crippen LogP contribution in [0.5, 0.6) is 0 Å². The van der Waals surface area contributed by atoms with Gasteiger partial charge < -0.3 is 5.32 Å². The Kier molecular flexibility index (Phi) is 2.27. The molecule has 1 aliphatic carbocycles. The second kappa shape index (κ2) is 3.85. The van der Waals surface area contributed by atoms with Crippen LogP contribution in [0.3, 0.4) is 0 Å². The number of carbonyl (C=O) groups is 1. The highest BCUT2D eigenvalue weighted by atomic mass is 16.2. The van der Waals surface area contributed by atoms with E-state index >= 15 is 0 Å². The van der Waals surface area contributed by atoms with Gasteiger partial charge in [0.2, 0.25) is 0 Å². The Balaban J connectivity index is 1.99. The molecule has 2 heterocycles. The Labute approximate surface area is 122 Å². The molecule has 0 saturated heterocycles. The van der Waals surface area contributed by atoms with Crippen molar-refractivity contribution in [1.82, 2.24) is 9.88 Å². The summed E-state index contributed by atoms with van der Waals surface area (Å²) < 4.78 is 1.69. The molecule has 2 aliphatic rings. The third-order valence-corrected chi connectivity index (χ3v) is 4.64. The number of pyridine rings is 1. The predicted octanol–water partition coefficient (Wildman–Crippen LogP) is 1.66. The van der Waals surface area contributed by atoms with E-state index in [-0.39, 0.29) is 11.5 Å². The lowest BCUT2D eigenvalue weighted by molar-refractivity contribution is 0.0922. The van der Waals surface area contributed by atoms with E-state index in [1.165, 1.54) is 11.1 Å². The fraction of sp³-hybridized carbons (Fsp3) is 0.294. The number of amides is 1. The van der Waals surface area contributed by atoms with Gasteiger partial charge in [0.05, 0.1) is 0 Å². The number of aryl methyl sites for hydroxylation is 2. The van der Waals surface area contributed by atoms with Crippen LogP contribution in [0.2, 0.25) is 0 Å². The zero-order valence-corrected chi connectivity index (χ0v) is 12.1. The van der Waals surface area contributed by atoms with E-state index in [1.54, 1.807) is 17.6 Å². The maximum atomic E-state index is 12.6. The van der Waals surface area contributed by atoms with Crippen molar-refractivity contribution >= 4 is 5.91 Å². The van der Waals surface area contributed by atoms with E-state index < -0.39 is 5.66 Å². The van der Waals surface area contributed by atoms with Crippen LogP contribution in [-0.2, 0) is 18.5 Å². The van der Waals surface area contributed by atoms with Crippen LogP contribution in [0.25, 0.3) is 0 Å². The van der Waals surface area contributed by atoms with Crippen LogP contribution in [-0.4, -0.2) is 10.5 Å². The van der Waals surface area contributed by atoms with Crippen LogP contribution in [0.4, 0.5) is 0 Å². The standard InChI is InChI=1S/C17H16N2O2/c1-10-7-11(2)16(21)19-14(10)15(20)18-17(19)8-12-5-3-4-6-13(12)9-17/h3-7H,8-9H2,1-2H3,(H,18,20). The molecule has 21 heavy (non-hydrogen) atoms. The van der Waals surface area contributed by atoms with Gasteiger partial charge in [-0.05, 0) is 36.6 Å². The van der Waals surface area contributed by atoms with Crippen molar-refractivity contribution in [2.45, 2.75) is 32.4 Å². The van der Waals surface area contributed by atoms with Gasteiger partial charge in [-0.1, -0.05) is 24.3 Å². The van der Waals surface area contributed by atoms with Gasteiger partial charge in [0.1, 0.15) is 11.4 Å². The summed E-state index contributed by atoms with van der Waals surface area (Å²) in [4.78, 5) is 25.0. The number of benzene rings is 1. The highest BCUT2D eigenvalue weighted by Crippen LogP contribution is 2.37. The molecule has 0 radical (unpaired) electrons. The van der Waals surface area contributed by atoms with Crippen molar-refractivity contribution in [1.29, 1.82) is 0 Å². The highest BCUT2D eigenvalue weighted by molar-refractivity contribution is 5.96. The minimum atomic E-state index is -0.621. The molecular formula is C17H16N2O2. The van der Waals surface area contributed by atoms with E-state index in [1.807, 2.05) is 19.1 Å². The third kappa shape index (κ3) is 1.50. The van der Waals surface area contributed by atoms with Crippen molar-refractivity contribution in [3.63, 3.8) is 0 Å². The van der Waals surface area contributed by atoms with Crippen molar-refractivity contribution in [2.75, 3.05) is 0 Å². The first kappa shape index (κ1) is 12.4. The number of hydrogen-bond donors (Lipinski definition) is 1. The van der Waals surface area contributed by atoms with Gasteiger partial charge in [-0.15, -0.1) is 0 Å². The Bertz CT molecular complexity index is 823. The van der Waals surface area contributed by atoms with Crippen molar-refractivity contribution in [2.24, 2.45) is 0 Å². The normalized spacial score (nSPS) is 17.7. The Hall–Kier alpha value is -2.36. The summed E-state index contributed by atoms with van der Waals surface area (Å²) in [6, 6.07) is 9.94. The molecule has 2 aromatic rings. The monoisotopic (exact) mass is 280 g/mol. The summed E-state index contributed by atoms with van der Waals surface area (Å²) in [6.07, 6.45) is 1.34. The van der Waals surface area contributed by atoms with E-state index in [4.69, 9.17) is 0 Å². The summed E-state index contributed by atoms with van der Waals surface area (Å²) >= 11 is 0. The molecule has 0 saturated carbocycles. The molecule has 4 heteroatoms. The largest absolute Gasteiger partial charge is 0.327 e. The van der Waals surface area contributed by atoms with Crippen molar-refractivity contribution in [3.8, 4) is 0 Å². The lowest BCUT2D eigenvalue weighted by atomic mass is 10.1. The number of hydrogen-bond acceptors (Lipinski definition) is 2. The van der Waals surface area contributed by atoms with E-state index in [0.29, 0.717) is 24.1 Å². The fourth-order valence-corrected chi connectivity index (χ4v) is 3.77. The van der Waals surface area contributed by atoms with Gasteiger partial charge >= 0.3 is 0 Å². The van der Waals surface area contributed by atoms with Gasteiger partial charge in [-0.3, -0.25) is 14.2 Å². The second-order valence-corrected chi connectivity index (χ2v) is 6.11. The average molecular weight is 280 g/mol. The zero-order valence-electron chi connectivity index (χ0n) is 12.1. The predicted molar refractivity (Wildman–Crippen MR) is 79.5 cm³/mol. The van der Waals surface area contributed by atoms with Crippen molar-refractivity contribution < 1.29 is 4.79 Å². The zero-order chi connectivity index (χ0) is 14.8. The van der Waals surface area contributed by atoms with Gasteiger partial charge in [-0.2, -0.15) is 0 Å². The van der Waals surface area contributed by atoms with Gasteiger partial charge in [0.25, 0.3) is 11.5 Å². The minimum Gasteiger partial charge on any atom is -0.327 e. The first-order valence-electron chi connectivity index (χ1n) is 7.15. The maximum absolute atomic E-state index is 12.6. The third-order valence-electron chi connectivity index (χ3n) is 4.64. The summed E-state index contributed by atoms with van der Waals surface area (Å²) in [5.41, 5.74) is 3.78. The van der Waals surface area contributed by atoms with Crippen molar-refractivity contribution in [3.05, 3.63) is 68.6 Å². The van der Waals surface area contributed by atoms with Crippen LogP contribution in [0, 0.1) is 13.8 Å².